The minimum atomic E-state index is -0.292. The Morgan fingerprint density at radius 3 is 2.96 bits per heavy atom. The maximum absolute atomic E-state index is 12.8. The summed E-state index contributed by atoms with van der Waals surface area (Å²) in [5, 5.41) is 7.62. The van der Waals surface area contributed by atoms with Gasteiger partial charge in [-0.15, -0.1) is 0 Å². The van der Waals surface area contributed by atoms with Crippen LogP contribution in [0.15, 0.2) is 41.9 Å². The number of hydrogen-bond donors (Lipinski definition) is 1. The number of fused-ring (bicyclic) bond motifs is 1. The van der Waals surface area contributed by atoms with Gasteiger partial charge in [-0.25, -0.2) is 4.68 Å². The van der Waals surface area contributed by atoms with Gasteiger partial charge < -0.3 is 10.1 Å². The molecule has 0 radical (unpaired) electrons. The second-order valence-corrected chi connectivity index (χ2v) is 6.13. The van der Waals surface area contributed by atoms with Crippen LogP contribution in [0.25, 0.3) is 0 Å². The zero-order valence-electron chi connectivity index (χ0n) is 13.1. The Morgan fingerprint density at radius 2 is 2.13 bits per heavy atom. The molecule has 0 saturated heterocycles. The fourth-order valence-corrected chi connectivity index (χ4v) is 3.53. The molecule has 2 aliphatic rings. The van der Waals surface area contributed by atoms with E-state index in [0.717, 1.165) is 29.0 Å². The highest BCUT2D eigenvalue weighted by molar-refractivity contribution is 5.99. The van der Waals surface area contributed by atoms with E-state index in [9.17, 15) is 4.79 Å². The molecule has 0 fully saturated rings. The second kappa shape index (κ2) is 5.22. The quantitative estimate of drug-likeness (QED) is 0.923. The molecule has 4 rings (SSSR count). The van der Waals surface area contributed by atoms with Crippen LogP contribution in [0.4, 0.5) is 5.95 Å². The summed E-state index contributed by atoms with van der Waals surface area (Å²) in [7, 11) is 1.64. The van der Waals surface area contributed by atoms with Crippen molar-refractivity contribution in [3.05, 3.63) is 47.4 Å². The number of hydrogen-bond acceptors (Lipinski definition) is 5. The van der Waals surface area contributed by atoms with Crippen molar-refractivity contribution < 1.29 is 9.53 Å². The second-order valence-electron chi connectivity index (χ2n) is 6.13. The molecular formula is C17H18N4O2. The Morgan fingerprint density at radius 1 is 1.30 bits per heavy atom. The number of allylic oxidation sites excluding steroid dienone is 2. The lowest BCUT2D eigenvalue weighted by Gasteiger charge is -2.34. The average Bonchev–Trinajstić information content (AvgIpc) is 3.00. The van der Waals surface area contributed by atoms with E-state index in [0.29, 0.717) is 18.3 Å². The van der Waals surface area contributed by atoms with Gasteiger partial charge in [0.25, 0.3) is 0 Å². The largest absolute Gasteiger partial charge is 0.496 e. The first-order valence-corrected chi connectivity index (χ1v) is 7.74. The first-order chi connectivity index (χ1) is 11.2. The number of aromatic nitrogens is 3. The molecule has 2 heterocycles. The molecule has 2 atom stereocenters. The molecule has 0 amide bonds. The zero-order valence-corrected chi connectivity index (χ0v) is 13.1. The molecule has 1 aromatic carbocycles. The molecular weight excluding hydrogens is 292 g/mol. The maximum Gasteiger partial charge on any atom is 0.226 e. The van der Waals surface area contributed by atoms with Crippen molar-refractivity contribution in [1.29, 1.82) is 0 Å². The molecule has 1 aliphatic heterocycles. The number of rotatable bonds is 2. The van der Waals surface area contributed by atoms with E-state index in [2.05, 4.69) is 22.3 Å². The predicted molar refractivity (Wildman–Crippen MR) is 85.2 cm³/mol. The van der Waals surface area contributed by atoms with E-state index < -0.39 is 0 Å². The summed E-state index contributed by atoms with van der Waals surface area (Å²) in [5.41, 5.74) is 2.68. The van der Waals surface area contributed by atoms with Crippen LogP contribution in [0.5, 0.6) is 5.75 Å². The predicted octanol–water partition coefficient (Wildman–Crippen LogP) is 2.55. The molecule has 0 unspecified atom stereocenters. The minimum Gasteiger partial charge on any atom is -0.496 e. The number of ether oxygens (including phenoxy) is 1. The molecule has 0 bridgehead atoms. The molecule has 1 N–H and O–H groups in total. The maximum atomic E-state index is 12.8. The highest BCUT2D eigenvalue weighted by Gasteiger charge is 2.38. The van der Waals surface area contributed by atoms with Crippen LogP contribution < -0.4 is 10.1 Å². The molecule has 2 aromatic rings. The molecule has 6 heteroatoms. The summed E-state index contributed by atoms with van der Waals surface area (Å²) in [6.07, 6.45) is 2.92. The van der Waals surface area contributed by atoms with Crippen molar-refractivity contribution in [2.24, 2.45) is 5.92 Å². The fraction of sp³-hybridized carbons (Fsp3) is 0.353. The van der Waals surface area contributed by atoms with Gasteiger partial charge in [0.1, 0.15) is 18.1 Å². The third kappa shape index (κ3) is 2.13. The van der Waals surface area contributed by atoms with E-state index in [1.54, 1.807) is 11.8 Å². The molecule has 0 saturated carbocycles. The number of para-hydroxylation sites is 1. The number of ketones is 1. The smallest absolute Gasteiger partial charge is 0.226 e. The van der Waals surface area contributed by atoms with Crippen molar-refractivity contribution in [2.75, 3.05) is 12.4 Å². The van der Waals surface area contributed by atoms with Gasteiger partial charge in [-0.05, 0) is 18.4 Å². The van der Waals surface area contributed by atoms with Crippen LogP contribution >= 0.6 is 0 Å². The molecule has 118 valence electrons. The Bertz CT molecular complexity index is 808. The van der Waals surface area contributed by atoms with Gasteiger partial charge >= 0.3 is 0 Å². The first kappa shape index (κ1) is 14.0. The lowest BCUT2D eigenvalue weighted by atomic mass is 9.81. The van der Waals surface area contributed by atoms with Crippen LogP contribution in [-0.4, -0.2) is 27.7 Å². The normalized spacial score (nSPS) is 23.1. The SMILES string of the molecule is COc1ccccc1[C@H]1C2=C(C[C@@H](C)CC2=O)Nc2ncnn21. The van der Waals surface area contributed by atoms with Crippen LogP contribution in [0.2, 0.25) is 0 Å². The summed E-state index contributed by atoms with van der Waals surface area (Å²) >= 11 is 0. The van der Waals surface area contributed by atoms with Crippen LogP contribution in [0, 0.1) is 5.92 Å². The minimum absolute atomic E-state index is 0.170. The van der Waals surface area contributed by atoms with Gasteiger partial charge in [0.15, 0.2) is 5.78 Å². The number of anilines is 1. The number of nitrogens with one attached hydrogen (secondary N) is 1. The van der Waals surface area contributed by atoms with Gasteiger partial charge in [-0.1, -0.05) is 25.1 Å². The van der Waals surface area contributed by atoms with Crippen molar-refractivity contribution >= 4 is 11.7 Å². The third-order valence-electron chi connectivity index (χ3n) is 4.50. The van der Waals surface area contributed by atoms with Crippen LogP contribution in [0.3, 0.4) is 0 Å². The molecule has 1 aliphatic carbocycles. The highest BCUT2D eigenvalue weighted by Crippen LogP contribution is 2.43. The number of Topliss-reactive ketones (excluding diaryl/α,β-unsaturated/α-hetero) is 1. The van der Waals surface area contributed by atoms with Crippen LogP contribution in [0.1, 0.15) is 31.4 Å². The lowest BCUT2D eigenvalue weighted by Crippen LogP contribution is -2.33. The fourth-order valence-electron chi connectivity index (χ4n) is 3.53. The Kier molecular flexibility index (Phi) is 3.18. The van der Waals surface area contributed by atoms with E-state index in [1.807, 2.05) is 24.3 Å². The average molecular weight is 310 g/mol. The molecule has 23 heavy (non-hydrogen) atoms. The topological polar surface area (TPSA) is 69.0 Å². The highest BCUT2D eigenvalue weighted by atomic mass is 16.5. The summed E-state index contributed by atoms with van der Waals surface area (Å²) in [6.45, 7) is 2.10. The van der Waals surface area contributed by atoms with Crippen LogP contribution in [-0.2, 0) is 4.79 Å². The summed E-state index contributed by atoms with van der Waals surface area (Å²) in [6, 6.07) is 7.47. The van der Waals surface area contributed by atoms with E-state index in [1.165, 1.54) is 6.33 Å². The van der Waals surface area contributed by atoms with E-state index >= 15 is 0 Å². The first-order valence-electron chi connectivity index (χ1n) is 7.74. The summed E-state index contributed by atoms with van der Waals surface area (Å²) < 4.78 is 7.28. The summed E-state index contributed by atoms with van der Waals surface area (Å²) in [5.74, 6) is 1.92. The van der Waals surface area contributed by atoms with Gasteiger partial charge in [0, 0.05) is 23.3 Å². The molecule has 1 aromatic heterocycles. The summed E-state index contributed by atoms with van der Waals surface area (Å²) in [4.78, 5) is 17.0. The number of methoxy groups -OCH3 is 1. The Balaban J connectivity index is 1.94. The monoisotopic (exact) mass is 310 g/mol. The Hall–Kier alpha value is -2.63. The van der Waals surface area contributed by atoms with Gasteiger partial charge in [0.2, 0.25) is 5.95 Å². The third-order valence-corrected chi connectivity index (χ3v) is 4.50. The van der Waals surface area contributed by atoms with E-state index in [-0.39, 0.29) is 11.8 Å². The number of nitrogens with zero attached hydrogens (tertiary/aromatic N) is 3. The van der Waals surface area contributed by atoms with Crippen molar-refractivity contribution in [3.63, 3.8) is 0 Å². The molecule has 0 spiro atoms. The standard InChI is InChI=1S/C17H18N4O2/c1-10-7-12-15(13(22)8-10)16(21-17(20-12)18-9-19-21)11-5-3-4-6-14(11)23-2/h3-6,9-10,16H,7-8H2,1-2H3,(H,18,19,20)/t10-,16+/m1/s1. The van der Waals surface area contributed by atoms with Gasteiger partial charge in [-0.2, -0.15) is 10.1 Å². The van der Waals surface area contributed by atoms with Gasteiger partial charge in [-0.3, -0.25) is 4.79 Å². The molecule has 6 nitrogen and oxygen atoms in total. The number of benzene rings is 1. The van der Waals surface area contributed by atoms with E-state index in [4.69, 9.17) is 4.74 Å². The van der Waals surface area contributed by atoms with Gasteiger partial charge in [0.05, 0.1) is 7.11 Å². The lowest BCUT2D eigenvalue weighted by molar-refractivity contribution is -0.117. The van der Waals surface area contributed by atoms with Crippen molar-refractivity contribution in [3.8, 4) is 5.75 Å². The van der Waals surface area contributed by atoms with Crippen molar-refractivity contribution in [1.82, 2.24) is 14.8 Å². The Labute approximate surface area is 134 Å². The number of carbonyl (C=O) groups is 1. The van der Waals surface area contributed by atoms with Crippen molar-refractivity contribution in [2.45, 2.75) is 25.8 Å². The zero-order chi connectivity index (χ0) is 16.0. The number of carbonyl (C=O) groups excluding carboxylic acids is 1.